The Balaban J connectivity index is 1.93. The van der Waals surface area contributed by atoms with Gasteiger partial charge in [-0.1, -0.05) is 11.6 Å². The molecule has 2 N–H and O–H groups in total. The molecule has 2 rings (SSSR count). The van der Waals surface area contributed by atoms with Crippen LogP contribution in [0.2, 0.25) is 5.02 Å². The number of carbonyl (C=O) groups excluding carboxylic acids is 2. The predicted octanol–water partition coefficient (Wildman–Crippen LogP) is 4.55. The van der Waals surface area contributed by atoms with E-state index in [1.54, 1.807) is 62.4 Å². The largest absolute Gasteiger partial charge is 0.459 e. The van der Waals surface area contributed by atoms with Crippen LogP contribution in [0.4, 0.5) is 16.2 Å². The first kappa shape index (κ1) is 16.8. The van der Waals surface area contributed by atoms with Crippen molar-refractivity contribution in [1.82, 2.24) is 0 Å². The Morgan fingerprint density at radius 2 is 1.39 bits per heavy atom. The first-order valence-electron chi connectivity index (χ1n) is 7.08. The highest BCUT2D eigenvalue weighted by Gasteiger charge is 2.09. The summed E-state index contributed by atoms with van der Waals surface area (Å²) in [4.78, 5) is 23.6. The lowest BCUT2D eigenvalue weighted by Crippen LogP contribution is -2.19. The van der Waals surface area contributed by atoms with E-state index in [1.165, 1.54) is 0 Å². The Bertz CT molecular complexity index is 682. The van der Waals surface area contributed by atoms with E-state index in [2.05, 4.69) is 10.6 Å². The Kier molecular flexibility index (Phi) is 5.60. The SMILES string of the molecule is CC(C)OC(=O)c1ccc(NC(=O)Nc2ccc(Cl)cc2)cc1. The van der Waals surface area contributed by atoms with E-state index >= 15 is 0 Å². The standard InChI is InChI=1S/C17H17ClN2O3/c1-11(2)23-16(21)12-3-7-14(8-4-12)19-17(22)20-15-9-5-13(18)6-10-15/h3-11H,1-2H3,(H2,19,20,22). The van der Waals surface area contributed by atoms with Gasteiger partial charge in [0.05, 0.1) is 11.7 Å². The molecule has 5 nitrogen and oxygen atoms in total. The van der Waals surface area contributed by atoms with E-state index < -0.39 is 5.97 Å². The maximum atomic E-state index is 11.9. The summed E-state index contributed by atoms with van der Waals surface area (Å²) in [6.45, 7) is 3.57. The molecular formula is C17H17ClN2O3. The van der Waals surface area contributed by atoms with Gasteiger partial charge in [-0.2, -0.15) is 0 Å². The zero-order valence-corrected chi connectivity index (χ0v) is 13.6. The summed E-state index contributed by atoms with van der Waals surface area (Å²) in [5.74, 6) is -0.392. The lowest BCUT2D eigenvalue weighted by atomic mass is 10.2. The summed E-state index contributed by atoms with van der Waals surface area (Å²) in [6.07, 6.45) is -0.176. The highest BCUT2D eigenvalue weighted by Crippen LogP contribution is 2.15. The normalized spacial score (nSPS) is 10.3. The topological polar surface area (TPSA) is 67.4 Å². The van der Waals surface area contributed by atoms with E-state index in [-0.39, 0.29) is 12.1 Å². The van der Waals surface area contributed by atoms with Gasteiger partial charge in [0.2, 0.25) is 0 Å². The van der Waals surface area contributed by atoms with Gasteiger partial charge >= 0.3 is 12.0 Å². The molecule has 0 saturated heterocycles. The van der Waals surface area contributed by atoms with Gasteiger partial charge in [0.15, 0.2) is 0 Å². The van der Waals surface area contributed by atoms with Crippen LogP contribution in [0.5, 0.6) is 0 Å². The fourth-order valence-corrected chi connectivity index (χ4v) is 1.92. The Morgan fingerprint density at radius 3 is 1.87 bits per heavy atom. The number of nitrogens with one attached hydrogen (secondary N) is 2. The van der Waals surface area contributed by atoms with Gasteiger partial charge < -0.3 is 15.4 Å². The lowest BCUT2D eigenvalue weighted by Gasteiger charge is -2.10. The molecular weight excluding hydrogens is 316 g/mol. The van der Waals surface area contributed by atoms with Crippen LogP contribution in [0.1, 0.15) is 24.2 Å². The summed E-state index contributed by atoms with van der Waals surface area (Å²) in [7, 11) is 0. The molecule has 2 amide bonds. The average molecular weight is 333 g/mol. The third-order valence-electron chi connectivity index (χ3n) is 2.82. The van der Waals surface area contributed by atoms with Crippen molar-refractivity contribution in [3.63, 3.8) is 0 Å². The first-order valence-corrected chi connectivity index (χ1v) is 7.46. The number of amides is 2. The van der Waals surface area contributed by atoms with Crippen molar-refractivity contribution in [1.29, 1.82) is 0 Å². The van der Waals surface area contributed by atoms with Crippen LogP contribution in [-0.4, -0.2) is 18.1 Å². The molecule has 0 radical (unpaired) electrons. The number of urea groups is 1. The Hall–Kier alpha value is -2.53. The third-order valence-corrected chi connectivity index (χ3v) is 3.08. The quantitative estimate of drug-likeness (QED) is 0.807. The van der Waals surface area contributed by atoms with Gasteiger partial charge in [-0.3, -0.25) is 0 Å². The molecule has 0 aliphatic carbocycles. The fourth-order valence-electron chi connectivity index (χ4n) is 1.80. The number of anilines is 2. The molecule has 6 heteroatoms. The van der Waals surface area contributed by atoms with E-state index in [0.29, 0.717) is 22.0 Å². The minimum Gasteiger partial charge on any atom is -0.459 e. The lowest BCUT2D eigenvalue weighted by molar-refractivity contribution is 0.0378. The maximum absolute atomic E-state index is 11.9. The minimum atomic E-state index is -0.392. The van der Waals surface area contributed by atoms with Crippen molar-refractivity contribution in [2.75, 3.05) is 10.6 Å². The number of ether oxygens (including phenoxy) is 1. The number of carbonyl (C=O) groups is 2. The molecule has 0 aromatic heterocycles. The van der Waals surface area contributed by atoms with Gasteiger partial charge in [-0.05, 0) is 62.4 Å². The first-order chi connectivity index (χ1) is 10.9. The summed E-state index contributed by atoms with van der Waals surface area (Å²) in [5.41, 5.74) is 1.63. The molecule has 0 bridgehead atoms. The van der Waals surface area contributed by atoms with Gasteiger partial charge in [-0.15, -0.1) is 0 Å². The van der Waals surface area contributed by atoms with Crippen molar-refractivity contribution in [2.24, 2.45) is 0 Å². The summed E-state index contributed by atoms with van der Waals surface area (Å²) >= 11 is 5.78. The van der Waals surface area contributed by atoms with Gasteiger partial charge in [-0.25, -0.2) is 9.59 Å². The van der Waals surface area contributed by atoms with Crippen molar-refractivity contribution < 1.29 is 14.3 Å². The molecule has 0 saturated carbocycles. The Labute approximate surface area is 139 Å². The molecule has 23 heavy (non-hydrogen) atoms. The molecule has 0 unspecified atom stereocenters. The van der Waals surface area contributed by atoms with Gasteiger partial charge in [0, 0.05) is 16.4 Å². The molecule has 0 aliphatic rings. The number of hydrogen-bond donors (Lipinski definition) is 2. The molecule has 0 aliphatic heterocycles. The second-order valence-electron chi connectivity index (χ2n) is 5.12. The average Bonchev–Trinajstić information content (AvgIpc) is 2.49. The molecule has 120 valence electrons. The van der Waals surface area contributed by atoms with Gasteiger partial charge in [0.1, 0.15) is 0 Å². The highest BCUT2D eigenvalue weighted by molar-refractivity contribution is 6.30. The van der Waals surface area contributed by atoms with Crippen LogP contribution >= 0.6 is 11.6 Å². The van der Waals surface area contributed by atoms with Crippen LogP contribution in [0.15, 0.2) is 48.5 Å². The Morgan fingerprint density at radius 1 is 0.913 bits per heavy atom. The van der Waals surface area contributed by atoms with Crippen LogP contribution < -0.4 is 10.6 Å². The molecule has 0 atom stereocenters. The third kappa shape index (κ3) is 5.30. The van der Waals surface area contributed by atoms with Crippen LogP contribution in [0.3, 0.4) is 0 Å². The maximum Gasteiger partial charge on any atom is 0.338 e. The number of benzene rings is 2. The van der Waals surface area contributed by atoms with Crippen molar-refractivity contribution in [2.45, 2.75) is 20.0 Å². The van der Waals surface area contributed by atoms with E-state index in [0.717, 1.165) is 0 Å². The van der Waals surface area contributed by atoms with Crippen LogP contribution in [0, 0.1) is 0 Å². The second kappa shape index (κ2) is 7.65. The molecule has 2 aromatic rings. The van der Waals surface area contributed by atoms with Crippen molar-refractivity contribution >= 4 is 35.0 Å². The van der Waals surface area contributed by atoms with Crippen LogP contribution in [-0.2, 0) is 4.74 Å². The van der Waals surface area contributed by atoms with E-state index in [4.69, 9.17) is 16.3 Å². The summed E-state index contributed by atoms with van der Waals surface area (Å²) in [5, 5.41) is 5.95. The van der Waals surface area contributed by atoms with Crippen molar-refractivity contribution in [3.05, 3.63) is 59.1 Å². The van der Waals surface area contributed by atoms with Gasteiger partial charge in [0.25, 0.3) is 0 Å². The van der Waals surface area contributed by atoms with E-state index in [9.17, 15) is 9.59 Å². The van der Waals surface area contributed by atoms with Crippen molar-refractivity contribution in [3.8, 4) is 0 Å². The van der Waals surface area contributed by atoms with E-state index in [1.807, 2.05) is 0 Å². The molecule has 0 fully saturated rings. The molecule has 2 aromatic carbocycles. The smallest absolute Gasteiger partial charge is 0.338 e. The van der Waals surface area contributed by atoms with Crippen LogP contribution in [0.25, 0.3) is 0 Å². The second-order valence-corrected chi connectivity index (χ2v) is 5.55. The number of esters is 1. The zero-order valence-electron chi connectivity index (χ0n) is 12.8. The number of rotatable bonds is 4. The zero-order chi connectivity index (χ0) is 16.8. The monoisotopic (exact) mass is 332 g/mol. The number of hydrogen-bond acceptors (Lipinski definition) is 3. The predicted molar refractivity (Wildman–Crippen MR) is 91.1 cm³/mol. The summed E-state index contributed by atoms with van der Waals surface area (Å²) < 4.78 is 5.10. The summed E-state index contributed by atoms with van der Waals surface area (Å²) in [6, 6.07) is 12.9. The highest BCUT2D eigenvalue weighted by atomic mass is 35.5. The molecule has 0 spiro atoms. The number of halogens is 1. The minimum absolute atomic E-state index is 0.176. The fraction of sp³-hybridized carbons (Fsp3) is 0.176. The molecule has 0 heterocycles.